The van der Waals surface area contributed by atoms with Crippen LogP contribution in [-0.2, 0) is 15.6 Å². The number of aryl methyl sites for hydroxylation is 1. The van der Waals surface area contributed by atoms with Crippen molar-refractivity contribution < 1.29 is 13.4 Å². The van der Waals surface area contributed by atoms with Crippen molar-refractivity contribution in [1.29, 1.82) is 0 Å². The van der Waals surface area contributed by atoms with E-state index in [0.717, 1.165) is 0 Å². The van der Waals surface area contributed by atoms with Crippen LogP contribution < -0.4 is 5.32 Å². The van der Waals surface area contributed by atoms with E-state index in [9.17, 15) is 9.00 Å². The summed E-state index contributed by atoms with van der Waals surface area (Å²) in [7, 11) is -1.42. The van der Waals surface area contributed by atoms with Crippen LogP contribution in [0.1, 0.15) is 12.7 Å². The average Bonchev–Trinajstić information content (AvgIpc) is 2.84. The normalized spacial score (nSPS) is 13.8. The molecule has 1 aromatic heterocycles. The molecule has 0 aliphatic heterocycles. The Morgan fingerprint density at radius 1 is 1.26 bits per heavy atom. The van der Waals surface area contributed by atoms with Gasteiger partial charge in [0.15, 0.2) is 0 Å². The van der Waals surface area contributed by atoms with Crippen molar-refractivity contribution in [2.75, 3.05) is 5.32 Å². The van der Waals surface area contributed by atoms with Crippen LogP contribution in [0.3, 0.4) is 0 Å². The first-order chi connectivity index (χ1) is 9.09. The zero-order chi connectivity index (χ0) is 13.8. The van der Waals surface area contributed by atoms with Crippen molar-refractivity contribution in [3.05, 3.63) is 48.4 Å². The third kappa shape index (κ3) is 3.12. The molecular formula is C14H15NO3S. The summed E-state index contributed by atoms with van der Waals surface area (Å²) >= 11 is 0. The van der Waals surface area contributed by atoms with Gasteiger partial charge in [0.2, 0.25) is 5.91 Å². The van der Waals surface area contributed by atoms with E-state index in [4.69, 9.17) is 4.42 Å². The number of rotatable bonds is 4. The minimum atomic E-state index is -1.42. The second-order valence-electron chi connectivity index (χ2n) is 4.14. The number of carbonyl (C=O) groups is 1. The molecule has 2 rings (SSSR count). The van der Waals surface area contributed by atoms with Crippen molar-refractivity contribution in [3.8, 4) is 0 Å². The maximum atomic E-state index is 12.2. The molecule has 100 valence electrons. The van der Waals surface area contributed by atoms with E-state index in [1.54, 1.807) is 32.0 Å². The van der Waals surface area contributed by atoms with Gasteiger partial charge in [-0.05, 0) is 32.0 Å². The highest BCUT2D eigenvalue weighted by atomic mass is 32.2. The fraction of sp³-hybridized carbons (Fsp3) is 0.214. The van der Waals surface area contributed by atoms with Crippen LogP contribution in [0, 0.1) is 6.92 Å². The molecule has 0 fully saturated rings. The van der Waals surface area contributed by atoms with Gasteiger partial charge in [-0.3, -0.25) is 9.00 Å². The number of hydrogen-bond acceptors (Lipinski definition) is 3. The first-order valence-electron chi connectivity index (χ1n) is 5.90. The topological polar surface area (TPSA) is 59.3 Å². The van der Waals surface area contributed by atoms with Crippen molar-refractivity contribution >= 4 is 22.4 Å². The fourth-order valence-corrected chi connectivity index (χ4v) is 2.79. The summed E-state index contributed by atoms with van der Waals surface area (Å²) in [5.74, 6) is 0.308. The van der Waals surface area contributed by atoms with Crippen molar-refractivity contribution in [2.45, 2.75) is 24.0 Å². The number of para-hydroxylation sites is 1. The molecule has 1 heterocycles. The molecule has 0 spiro atoms. The maximum Gasteiger partial charge on any atom is 0.240 e. The van der Waals surface area contributed by atoms with Crippen molar-refractivity contribution in [2.24, 2.45) is 0 Å². The molecule has 2 atom stereocenters. The van der Waals surface area contributed by atoms with Crippen molar-refractivity contribution in [3.63, 3.8) is 0 Å². The number of hydrogen-bond donors (Lipinski definition) is 1. The lowest BCUT2D eigenvalue weighted by Crippen LogP contribution is -2.29. The standard InChI is InChI=1S/C14H15NO3S/c1-10-13(8-9-18-10)19(17)11(2)14(16)15-12-6-4-3-5-7-12/h3-9,11H,1-2H3,(H,15,16)/t11-,19+/m0/s1. The molecule has 5 heteroatoms. The number of benzene rings is 1. The van der Waals surface area contributed by atoms with E-state index < -0.39 is 16.0 Å². The van der Waals surface area contributed by atoms with E-state index >= 15 is 0 Å². The van der Waals surface area contributed by atoms with E-state index in [-0.39, 0.29) is 5.91 Å². The molecule has 0 saturated heterocycles. The quantitative estimate of drug-likeness (QED) is 0.934. The van der Waals surface area contributed by atoms with E-state index in [2.05, 4.69) is 5.32 Å². The van der Waals surface area contributed by atoms with Crippen LogP contribution in [0.25, 0.3) is 0 Å². The van der Waals surface area contributed by atoms with Crippen LogP contribution in [0.4, 0.5) is 5.69 Å². The number of anilines is 1. The molecule has 0 radical (unpaired) electrons. The second kappa shape index (κ2) is 5.84. The fourth-order valence-electron chi connectivity index (χ4n) is 1.64. The largest absolute Gasteiger partial charge is 0.468 e. The summed E-state index contributed by atoms with van der Waals surface area (Å²) in [6.45, 7) is 3.37. The molecule has 1 aromatic carbocycles. The molecule has 4 nitrogen and oxygen atoms in total. The number of carbonyl (C=O) groups excluding carboxylic acids is 1. The molecule has 1 amide bonds. The molecule has 0 aliphatic carbocycles. The summed E-state index contributed by atoms with van der Waals surface area (Å²) in [6, 6.07) is 10.7. The Bertz CT molecular complexity index is 592. The highest BCUT2D eigenvalue weighted by Crippen LogP contribution is 2.18. The van der Waals surface area contributed by atoms with Gasteiger partial charge in [0, 0.05) is 5.69 Å². The van der Waals surface area contributed by atoms with Gasteiger partial charge in [-0.2, -0.15) is 0 Å². The van der Waals surface area contributed by atoms with Gasteiger partial charge in [0.05, 0.1) is 22.0 Å². The lowest BCUT2D eigenvalue weighted by molar-refractivity contribution is -0.115. The van der Waals surface area contributed by atoms with Gasteiger partial charge >= 0.3 is 0 Å². The molecule has 0 unspecified atom stereocenters. The summed E-state index contributed by atoms with van der Waals surface area (Å²) in [4.78, 5) is 12.6. The second-order valence-corrected chi connectivity index (χ2v) is 5.88. The minimum absolute atomic E-state index is 0.273. The molecule has 0 saturated carbocycles. The summed E-state index contributed by atoms with van der Waals surface area (Å²) in [5.41, 5.74) is 0.695. The maximum absolute atomic E-state index is 12.2. The number of furan rings is 1. The van der Waals surface area contributed by atoms with Gasteiger partial charge in [-0.25, -0.2) is 0 Å². The Morgan fingerprint density at radius 2 is 1.95 bits per heavy atom. The van der Waals surface area contributed by atoms with Gasteiger partial charge in [0.1, 0.15) is 11.0 Å². The number of nitrogens with one attached hydrogen (secondary N) is 1. The molecule has 0 bridgehead atoms. The van der Waals surface area contributed by atoms with Crippen LogP contribution in [0.2, 0.25) is 0 Å². The highest BCUT2D eigenvalue weighted by Gasteiger charge is 2.23. The Kier molecular flexibility index (Phi) is 4.16. The van der Waals surface area contributed by atoms with Crippen LogP contribution in [-0.4, -0.2) is 15.4 Å². The average molecular weight is 277 g/mol. The smallest absolute Gasteiger partial charge is 0.240 e. The summed E-state index contributed by atoms with van der Waals surface area (Å²) in [5, 5.41) is 2.10. The molecular weight excluding hydrogens is 262 g/mol. The summed E-state index contributed by atoms with van der Waals surface area (Å²) in [6.07, 6.45) is 1.48. The van der Waals surface area contributed by atoms with Crippen LogP contribution >= 0.6 is 0 Å². The summed E-state index contributed by atoms with van der Waals surface area (Å²) < 4.78 is 17.4. The first-order valence-corrected chi connectivity index (χ1v) is 7.11. The monoisotopic (exact) mass is 277 g/mol. The van der Waals surface area contributed by atoms with Gasteiger partial charge in [0.25, 0.3) is 0 Å². The molecule has 19 heavy (non-hydrogen) atoms. The lowest BCUT2D eigenvalue weighted by atomic mass is 10.3. The van der Waals surface area contributed by atoms with Gasteiger partial charge in [-0.15, -0.1) is 0 Å². The van der Waals surface area contributed by atoms with Crippen molar-refractivity contribution in [1.82, 2.24) is 0 Å². The van der Waals surface area contributed by atoms with Gasteiger partial charge < -0.3 is 9.73 Å². The predicted octanol–water partition coefficient (Wildman–Crippen LogP) is 2.72. The zero-order valence-corrected chi connectivity index (χ0v) is 11.6. The van der Waals surface area contributed by atoms with Crippen LogP contribution in [0.5, 0.6) is 0 Å². The molecule has 0 aliphatic rings. The first kappa shape index (κ1) is 13.5. The van der Waals surface area contributed by atoms with Gasteiger partial charge in [-0.1, -0.05) is 18.2 Å². The lowest BCUT2D eigenvalue weighted by Gasteiger charge is -2.11. The van der Waals surface area contributed by atoms with E-state index in [1.165, 1.54) is 6.26 Å². The SMILES string of the molecule is Cc1occc1[S@](=O)[C@@H](C)C(=O)Nc1ccccc1. The third-order valence-electron chi connectivity index (χ3n) is 2.76. The van der Waals surface area contributed by atoms with E-state index in [1.807, 2.05) is 18.2 Å². The number of amides is 1. The highest BCUT2D eigenvalue weighted by molar-refractivity contribution is 7.86. The Hall–Kier alpha value is -1.88. The Labute approximate surface area is 114 Å². The minimum Gasteiger partial charge on any atom is -0.468 e. The third-order valence-corrected chi connectivity index (χ3v) is 4.47. The van der Waals surface area contributed by atoms with Crippen LogP contribution in [0.15, 0.2) is 52.0 Å². The zero-order valence-electron chi connectivity index (χ0n) is 10.8. The molecule has 1 N–H and O–H groups in total. The predicted molar refractivity (Wildman–Crippen MR) is 74.4 cm³/mol. The van der Waals surface area contributed by atoms with E-state index in [0.29, 0.717) is 16.3 Å². The molecule has 2 aromatic rings. The Balaban J connectivity index is 2.08. The Morgan fingerprint density at radius 3 is 2.53 bits per heavy atom.